The molecule has 1 aromatic carbocycles. The van der Waals surface area contributed by atoms with E-state index in [0.717, 1.165) is 29.6 Å². The van der Waals surface area contributed by atoms with Crippen molar-refractivity contribution in [2.45, 2.75) is 20.3 Å². The topological polar surface area (TPSA) is 59.2 Å². The van der Waals surface area contributed by atoms with E-state index in [2.05, 4.69) is 4.98 Å². The van der Waals surface area contributed by atoms with Crippen LogP contribution in [-0.2, 0) is 11.2 Å². The fourth-order valence-electron chi connectivity index (χ4n) is 2.66. The number of pyridine rings is 1. The zero-order valence-electron chi connectivity index (χ0n) is 12.7. The Kier molecular flexibility index (Phi) is 5.28. The first-order chi connectivity index (χ1) is 10.2. The van der Waals surface area contributed by atoms with Crippen LogP contribution in [0.15, 0.2) is 36.5 Å². The lowest BCUT2D eigenvalue weighted by molar-refractivity contribution is -0.134. The number of amides is 1. The van der Waals surface area contributed by atoms with Crippen molar-refractivity contribution in [2.24, 2.45) is 11.7 Å². The Balaban J connectivity index is 2.27. The van der Waals surface area contributed by atoms with E-state index in [-0.39, 0.29) is 11.8 Å². The van der Waals surface area contributed by atoms with Crippen molar-refractivity contribution in [1.82, 2.24) is 9.88 Å². The van der Waals surface area contributed by atoms with E-state index in [1.54, 1.807) is 6.20 Å². The van der Waals surface area contributed by atoms with Crippen LogP contribution in [-0.4, -0.2) is 35.4 Å². The standard InChI is InChI=1S/C17H23N3O/c1-3-20(4-2)17(21)14(12-18)11-13-9-10-19-16-8-6-5-7-15(13)16/h5-10,14H,3-4,11-12,18H2,1-2H3. The SMILES string of the molecule is CCN(CC)C(=O)C(CN)Cc1ccnc2ccccc12. The largest absolute Gasteiger partial charge is 0.343 e. The number of nitrogens with zero attached hydrogens (tertiary/aromatic N) is 2. The quantitative estimate of drug-likeness (QED) is 0.885. The summed E-state index contributed by atoms with van der Waals surface area (Å²) in [6, 6.07) is 9.99. The van der Waals surface area contributed by atoms with Gasteiger partial charge in [-0.15, -0.1) is 0 Å². The third-order valence-corrected chi connectivity index (χ3v) is 3.91. The van der Waals surface area contributed by atoms with Gasteiger partial charge < -0.3 is 10.6 Å². The summed E-state index contributed by atoms with van der Waals surface area (Å²) in [5.41, 5.74) is 7.94. The lowest BCUT2D eigenvalue weighted by atomic mass is 9.95. The van der Waals surface area contributed by atoms with Crippen molar-refractivity contribution >= 4 is 16.8 Å². The molecule has 0 saturated heterocycles. The van der Waals surface area contributed by atoms with Gasteiger partial charge in [-0.1, -0.05) is 18.2 Å². The Hall–Kier alpha value is -1.94. The highest BCUT2D eigenvalue weighted by Crippen LogP contribution is 2.20. The number of carbonyl (C=O) groups excluding carboxylic acids is 1. The van der Waals surface area contributed by atoms with Gasteiger partial charge in [0.15, 0.2) is 0 Å². The second-order valence-corrected chi connectivity index (χ2v) is 5.13. The van der Waals surface area contributed by atoms with Gasteiger partial charge in [0.1, 0.15) is 0 Å². The van der Waals surface area contributed by atoms with Crippen LogP contribution in [0.4, 0.5) is 0 Å². The number of carbonyl (C=O) groups is 1. The van der Waals surface area contributed by atoms with Gasteiger partial charge in [0.2, 0.25) is 5.91 Å². The van der Waals surface area contributed by atoms with Crippen LogP contribution in [0.2, 0.25) is 0 Å². The number of fused-ring (bicyclic) bond motifs is 1. The van der Waals surface area contributed by atoms with Crippen LogP contribution < -0.4 is 5.73 Å². The highest BCUT2D eigenvalue weighted by Gasteiger charge is 2.22. The van der Waals surface area contributed by atoms with Gasteiger partial charge in [0, 0.05) is 31.2 Å². The van der Waals surface area contributed by atoms with Gasteiger partial charge in [-0.25, -0.2) is 0 Å². The minimum absolute atomic E-state index is 0.142. The summed E-state index contributed by atoms with van der Waals surface area (Å²) in [5.74, 6) is -0.0286. The third kappa shape index (κ3) is 3.39. The molecule has 1 amide bonds. The molecule has 0 aliphatic carbocycles. The fraction of sp³-hybridized carbons (Fsp3) is 0.412. The van der Waals surface area contributed by atoms with Gasteiger partial charge in [0.25, 0.3) is 0 Å². The van der Waals surface area contributed by atoms with Crippen molar-refractivity contribution in [2.75, 3.05) is 19.6 Å². The van der Waals surface area contributed by atoms with Crippen LogP contribution in [0.1, 0.15) is 19.4 Å². The molecule has 0 radical (unpaired) electrons. The predicted octanol–water partition coefficient (Wildman–Crippen LogP) is 2.22. The minimum Gasteiger partial charge on any atom is -0.343 e. The smallest absolute Gasteiger partial charge is 0.227 e. The summed E-state index contributed by atoms with van der Waals surface area (Å²) in [4.78, 5) is 18.7. The van der Waals surface area contributed by atoms with Crippen molar-refractivity contribution < 1.29 is 4.79 Å². The molecule has 1 aromatic heterocycles. The molecule has 2 rings (SSSR count). The molecule has 4 nitrogen and oxygen atoms in total. The summed E-state index contributed by atoms with van der Waals surface area (Å²) < 4.78 is 0. The van der Waals surface area contributed by atoms with Crippen molar-refractivity contribution in [3.63, 3.8) is 0 Å². The lowest BCUT2D eigenvalue weighted by Crippen LogP contribution is -2.39. The molecular weight excluding hydrogens is 262 g/mol. The number of para-hydroxylation sites is 1. The van der Waals surface area contributed by atoms with Crippen LogP contribution in [0.5, 0.6) is 0 Å². The van der Waals surface area contributed by atoms with Gasteiger partial charge in [-0.3, -0.25) is 9.78 Å². The van der Waals surface area contributed by atoms with E-state index in [9.17, 15) is 4.79 Å². The first kappa shape index (κ1) is 15.4. The summed E-state index contributed by atoms with van der Waals surface area (Å²) in [5, 5.41) is 1.10. The predicted molar refractivity (Wildman–Crippen MR) is 85.9 cm³/mol. The van der Waals surface area contributed by atoms with Crippen LogP contribution in [0, 0.1) is 5.92 Å². The minimum atomic E-state index is -0.171. The highest BCUT2D eigenvalue weighted by atomic mass is 16.2. The number of hydrogen-bond donors (Lipinski definition) is 1. The van der Waals surface area contributed by atoms with Crippen LogP contribution in [0.3, 0.4) is 0 Å². The number of benzene rings is 1. The van der Waals surface area contributed by atoms with Gasteiger partial charge >= 0.3 is 0 Å². The maximum atomic E-state index is 12.5. The second-order valence-electron chi connectivity index (χ2n) is 5.13. The Morgan fingerprint density at radius 2 is 1.95 bits per heavy atom. The molecule has 112 valence electrons. The van der Waals surface area contributed by atoms with E-state index < -0.39 is 0 Å². The van der Waals surface area contributed by atoms with Crippen molar-refractivity contribution in [3.05, 3.63) is 42.1 Å². The average molecular weight is 285 g/mol. The van der Waals surface area contributed by atoms with E-state index in [1.807, 2.05) is 49.1 Å². The third-order valence-electron chi connectivity index (χ3n) is 3.91. The van der Waals surface area contributed by atoms with Gasteiger partial charge in [-0.2, -0.15) is 0 Å². The maximum Gasteiger partial charge on any atom is 0.227 e. The molecule has 1 heterocycles. The van der Waals surface area contributed by atoms with E-state index >= 15 is 0 Å². The molecule has 0 saturated carbocycles. The molecule has 0 fully saturated rings. The van der Waals surface area contributed by atoms with E-state index in [4.69, 9.17) is 5.73 Å². The normalized spacial score (nSPS) is 12.3. The number of hydrogen-bond acceptors (Lipinski definition) is 3. The van der Waals surface area contributed by atoms with Gasteiger partial charge in [0.05, 0.1) is 11.4 Å². The van der Waals surface area contributed by atoms with E-state index in [1.165, 1.54) is 0 Å². The van der Waals surface area contributed by atoms with Crippen LogP contribution >= 0.6 is 0 Å². The van der Waals surface area contributed by atoms with Crippen LogP contribution in [0.25, 0.3) is 10.9 Å². The summed E-state index contributed by atoms with van der Waals surface area (Å²) in [6.45, 7) is 5.81. The Labute approximate surface area is 126 Å². The molecule has 0 bridgehead atoms. The maximum absolute atomic E-state index is 12.5. The van der Waals surface area contributed by atoms with Gasteiger partial charge in [-0.05, 0) is 38.0 Å². The molecule has 0 aliphatic heterocycles. The number of aromatic nitrogens is 1. The Morgan fingerprint density at radius 3 is 2.62 bits per heavy atom. The molecule has 21 heavy (non-hydrogen) atoms. The summed E-state index contributed by atoms with van der Waals surface area (Å²) in [7, 11) is 0. The molecule has 0 spiro atoms. The highest BCUT2D eigenvalue weighted by molar-refractivity contribution is 5.84. The zero-order valence-corrected chi connectivity index (χ0v) is 12.7. The molecule has 4 heteroatoms. The average Bonchev–Trinajstić information content (AvgIpc) is 2.53. The molecule has 0 aliphatic rings. The number of nitrogens with two attached hydrogens (primary N) is 1. The van der Waals surface area contributed by atoms with E-state index in [0.29, 0.717) is 13.0 Å². The second kappa shape index (κ2) is 7.18. The molecule has 2 aromatic rings. The monoisotopic (exact) mass is 285 g/mol. The fourth-order valence-corrected chi connectivity index (χ4v) is 2.66. The molecule has 2 N–H and O–H groups in total. The summed E-state index contributed by atoms with van der Waals surface area (Å²) in [6.07, 6.45) is 2.46. The Morgan fingerprint density at radius 1 is 1.24 bits per heavy atom. The molecular formula is C17H23N3O. The first-order valence-corrected chi connectivity index (χ1v) is 7.52. The molecule has 1 atom stereocenters. The Bertz CT molecular complexity index is 603. The zero-order chi connectivity index (χ0) is 15.2. The first-order valence-electron chi connectivity index (χ1n) is 7.52. The summed E-state index contributed by atoms with van der Waals surface area (Å²) >= 11 is 0. The van der Waals surface area contributed by atoms with Crippen molar-refractivity contribution in [1.29, 1.82) is 0 Å². The molecule has 1 unspecified atom stereocenters. The van der Waals surface area contributed by atoms with Crippen molar-refractivity contribution in [3.8, 4) is 0 Å². The number of rotatable bonds is 6. The lowest BCUT2D eigenvalue weighted by Gasteiger charge is -2.24.